The first kappa shape index (κ1) is 11.9. The van der Waals surface area contributed by atoms with Gasteiger partial charge in [0.25, 0.3) is 0 Å². The molecule has 0 amide bonds. The molecule has 0 heterocycles. The molecule has 5 heteroatoms. The standard InChI is InChI=1S/C10H9ClF2O2/c11-6-4-8(12)7(9(13)5-6)2-1-3-10(14)15/h4-5H,1-3H2,(H,14,15). The van der Waals surface area contributed by atoms with Gasteiger partial charge in [-0.2, -0.15) is 0 Å². The second-order valence-electron chi connectivity index (χ2n) is 3.10. The first-order valence-corrected chi connectivity index (χ1v) is 4.73. The summed E-state index contributed by atoms with van der Waals surface area (Å²) in [6.45, 7) is 0. The van der Waals surface area contributed by atoms with E-state index < -0.39 is 17.6 Å². The Bertz CT molecular complexity index is 357. The Kier molecular flexibility index (Phi) is 4.03. The van der Waals surface area contributed by atoms with Gasteiger partial charge >= 0.3 is 5.97 Å². The summed E-state index contributed by atoms with van der Waals surface area (Å²) in [6, 6.07) is 2.03. The summed E-state index contributed by atoms with van der Waals surface area (Å²) in [6.07, 6.45) is 0.146. The predicted octanol–water partition coefficient (Wildman–Crippen LogP) is 3.03. The minimum atomic E-state index is -0.982. The SMILES string of the molecule is O=C(O)CCCc1c(F)cc(Cl)cc1F. The van der Waals surface area contributed by atoms with Gasteiger partial charge in [0.15, 0.2) is 0 Å². The maximum atomic E-state index is 13.2. The molecule has 0 saturated heterocycles. The normalized spacial score (nSPS) is 10.3. The van der Waals surface area contributed by atoms with Crippen molar-refractivity contribution in [1.29, 1.82) is 0 Å². The van der Waals surface area contributed by atoms with E-state index in [1.807, 2.05) is 0 Å². The van der Waals surface area contributed by atoms with Gasteiger partial charge in [0.2, 0.25) is 0 Å². The van der Waals surface area contributed by atoms with Gasteiger partial charge in [0.05, 0.1) is 0 Å². The molecular formula is C10H9ClF2O2. The smallest absolute Gasteiger partial charge is 0.303 e. The zero-order valence-electron chi connectivity index (χ0n) is 7.77. The molecule has 0 bridgehead atoms. The number of rotatable bonds is 4. The molecule has 0 atom stereocenters. The van der Waals surface area contributed by atoms with Crippen LogP contribution in [0.25, 0.3) is 0 Å². The van der Waals surface area contributed by atoms with Crippen molar-refractivity contribution in [2.45, 2.75) is 19.3 Å². The van der Waals surface area contributed by atoms with Crippen LogP contribution in [0.5, 0.6) is 0 Å². The Morgan fingerprint density at radius 2 is 1.87 bits per heavy atom. The first-order chi connectivity index (χ1) is 7.00. The highest BCUT2D eigenvalue weighted by atomic mass is 35.5. The van der Waals surface area contributed by atoms with Crippen LogP contribution in [-0.4, -0.2) is 11.1 Å². The van der Waals surface area contributed by atoms with Gasteiger partial charge in [-0.05, 0) is 25.0 Å². The largest absolute Gasteiger partial charge is 0.481 e. The zero-order chi connectivity index (χ0) is 11.4. The van der Waals surface area contributed by atoms with Crippen LogP contribution in [-0.2, 0) is 11.2 Å². The first-order valence-electron chi connectivity index (χ1n) is 4.36. The van der Waals surface area contributed by atoms with E-state index in [0.717, 1.165) is 12.1 Å². The van der Waals surface area contributed by atoms with Crippen LogP contribution in [0.1, 0.15) is 18.4 Å². The third-order valence-corrected chi connectivity index (χ3v) is 2.14. The van der Waals surface area contributed by atoms with Crippen molar-refractivity contribution in [2.24, 2.45) is 0 Å². The van der Waals surface area contributed by atoms with E-state index in [2.05, 4.69) is 0 Å². The number of carboxylic acid groups (broad SMARTS) is 1. The molecule has 1 rings (SSSR count). The molecule has 82 valence electrons. The molecule has 0 radical (unpaired) electrons. The molecule has 1 aromatic rings. The van der Waals surface area contributed by atoms with E-state index >= 15 is 0 Å². The van der Waals surface area contributed by atoms with Gasteiger partial charge in [-0.25, -0.2) is 8.78 Å². The Balaban J connectivity index is 2.72. The quantitative estimate of drug-likeness (QED) is 0.870. The third-order valence-electron chi connectivity index (χ3n) is 1.92. The number of hydrogen-bond acceptors (Lipinski definition) is 1. The fourth-order valence-corrected chi connectivity index (χ4v) is 1.42. The number of carbonyl (C=O) groups is 1. The van der Waals surface area contributed by atoms with Crippen molar-refractivity contribution in [3.63, 3.8) is 0 Å². The number of carboxylic acids is 1. The van der Waals surface area contributed by atoms with E-state index in [1.165, 1.54) is 0 Å². The molecule has 0 aromatic heterocycles. The second-order valence-corrected chi connectivity index (χ2v) is 3.53. The number of hydrogen-bond donors (Lipinski definition) is 1. The molecule has 0 unspecified atom stereocenters. The minimum absolute atomic E-state index is 0.00742. The maximum absolute atomic E-state index is 13.2. The lowest BCUT2D eigenvalue weighted by molar-refractivity contribution is -0.137. The van der Waals surface area contributed by atoms with Crippen molar-refractivity contribution >= 4 is 17.6 Å². The van der Waals surface area contributed by atoms with E-state index in [-0.39, 0.29) is 29.8 Å². The highest BCUT2D eigenvalue weighted by Gasteiger charge is 2.10. The summed E-state index contributed by atoms with van der Waals surface area (Å²) in [5.74, 6) is -2.44. The van der Waals surface area contributed by atoms with Crippen LogP contribution in [0.2, 0.25) is 5.02 Å². The van der Waals surface area contributed by atoms with Crippen LogP contribution >= 0.6 is 11.6 Å². The van der Waals surface area contributed by atoms with Crippen LogP contribution in [0.3, 0.4) is 0 Å². The van der Waals surface area contributed by atoms with Crippen LogP contribution < -0.4 is 0 Å². The van der Waals surface area contributed by atoms with E-state index in [1.54, 1.807) is 0 Å². The Morgan fingerprint density at radius 3 is 2.33 bits per heavy atom. The fourth-order valence-electron chi connectivity index (χ4n) is 1.23. The highest BCUT2D eigenvalue weighted by Crippen LogP contribution is 2.20. The van der Waals surface area contributed by atoms with Crippen molar-refractivity contribution in [3.8, 4) is 0 Å². The number of benzene rings is 1. The molecule has 0 spiro atoms. The lowest BCUT2D eigenvalue weighted by Crippen LogP contribution is -2.00. The van der Waals surface area contributed by atoms with E-state index in [4.69, 9.17) is 16.7 Å². The molecule has 1 N–H and O–H groups in total. The van der Waals surface area contributed by atoms with Crippen LogP contribution in [0.15, 0.2) is 12.1 Å². The Morgan fingerprint density at radius 1 is 1.33 bits per heavy atom. The van der Waals surface area contributed by atoms with E-state index in [0.29, 0.717) is 0 Å². The molecule has 0 fully saturated rings. The lowest BCUT2D eigenvalue weighted by Gasteiger charge is -2.04. The average Bonchev–Trinajstić information content (AvgIpc) is 2.08. The van der Waals surface area contributed by atoms with Gasteiger partial charge in [-0.1, -0.05) is 11.6 Å². The molecular weight excluding hydrogens is 226 g/mol. The van der Waals surface area contributed by atoms with Gasteiger partial charge in [0.1, 0.15) is 11.6 Å². The maximum Gasteiger partial charge on any atom is 0.303 e. The van der Waals surface area contributed by atoms with E-state index in [9.17, 15) is 13.6 Å². The van der Waals surface area contributed by atoms with Crippen LogP contribution in [0, 0.1) is 11.6 Å². The lowest BCUT2D eigenvalue weighted by atomic mass is 10.1. The summed E-state index contributed by atoms with van der Waals surface area (Å²) in [7, 11) is 0. The minimum Gasteiger partial charge on any atom is -0.481 e. The summed E-state index contributed by atoms with van der Waals surface area (Å²) in [4.78, 5) is 10.2. The predicted molar refractivity (Wildman–Crippen MR) is 51.9 cm³/mol. The summed E-state index contributed by atoms with van der Waals surface area (Å²) in [5, 5.41) is 8.36. The fraction of sp³-hybridized carbons (Fsp3) is 0.300. The third kappa shape index (κ3) is 3.47. The second kappa shape index (κ2) is 5.07. The van der Waals surface area contributed by atoms with Crippen LogP contribution in [0.4, 0.5) is 8.78 Å². The summed E-state index contributed by atoms with van der Waals surface area (Å²) in [5.41, 5.74) is -0.111. The van der Waals surface area contributed by atoms with Gasteiger partial charge in [-0.3, -0.25) is 4.79 Å². The monoisotopic (exact) mass is 234 g/mol. The van der Waals surface area contributed by atoms with Crippen molar-refractivity contribution < 1.29 is 18.7 Å². The number of halogens is 3. The Hall–Kier alpha value is -1.16. The molecule has 0 saturated carbocycles. The average molecular weight is 235 g/mol. The van der Waals surface area contributed by atoms with Gasteiger partial charge < -0.3 is 5.11 Å². The molecule has 0 aliphatic carbocycles. The number of aliphatic carboxylic acids is 1. The van der Waals surface area contributed by atoms with Crippen molar-refractivity contribution in [3.05, 3.63) is 34.4 Å². The highest BCUT2D eigenvalue weighted by molar-refractivity contribution is 6.30. The molecule has 1 aromatic carbocycles. The molecule has 0 aliphatic heterocycles. The van der Waals surface area contributed by atoms with Crippen molar-refractivity contribution in [2.75, 3.05) is 0 Å². The summed E-state index contributed by atoms with van der Waals surface area (Å²) < 4.78 is 26.3. The zero-order valence-corrected chi connectivity index (χ0v) is 8.52. The van der Waals surface area contributed by atoms with Gasteiger partial charge in [-0.15, -0.1) is 0 Å². The van der Waals surface area contributed by atoms with Crippen molar-refractivity contribution in [1.82, 2.24) is 0 Å². The van der Waals surface area contributed by atoms with Gasteiger partial charge in [0, 0.05) is 17.0 Å². The Labute approximate surface area is 90.5 Å². The summed E-state index contributed by atoms with van der Waals surface area (Å²) >= 11 is 5.43. The topological polar surface area (TPSA) is 37.3 Å². The molecule has 0 aliphatic rings. The molecule has 2 nitrogen and oxygen atoms in total. The molecule has 15 heavy (non-hydrogen) atoms.